The first kappa shape index (κ1) is 12.6. The third-order valence-electron chi connectivity index (χ3n) is 4.06. The molecule has 3 heterocycles. The van der Waals surface area contributed by atoms with Crippen LogP contribution in [0.1, 0.15) is 6.92 Å². The zero-order chi connectivity index (χ0) is 13.6. The Kier molecular flexibility index (Phi) is 3.06. The van der Waals surface area contributed by atoms with E-state index in [1.807, 2.05) is 0 Å². The lowest BCUT2D eigenvalue weighted by Gasteiger charge is -2.28. The number of carbonyl (C=O) groups is 2. The van der Waals surface area contributed by atoms with Gasteiger partial charge >= 0.3 is 11.9 Å². The number of ether oxygens (including phenoxy) is 4. The Morgan fingerprint density at radius 2 is 2.16 bits per heavy atom. The van der Waals surface area contributed by atoms with Crippen LogP contribution in [0.15, 0.2) is 12.7 Å². The molecule has 19 heavy (non-hydrogen) atoms. The van der Waals surface area contributed by atoms with Crippen LogP contribution in [0.25, 0.3) is 0 Å². The number of rotatable bonds is 4. The molecule has 0 saturated carbocycles. The summed E-state index contributed by atoms with van der Waals surface area (Å²) in [6.07, 6.45) is 0.167. The zero-order valence-corrected chi connectivity index (χ0v) is 10.6. The van der Waals surface area contributed by atoms with Crippen molar-refractivity contribution in [2.45, 2.75) is 31.3 Å². The van der Waals surface area contributed by atoms with Gasteiger partial charge in [-0.25, -0.2) is 4.79 Å². The number of esters is 2. The SMILES string of the molecule is C=CC(=O)OC1C2OC3C(COC31)C2COC(C)=O. The molecule has 0 aromatic heterocycles. The number of hydrogen-bond donors (Lipinski definition) is 0. The summed E-state index contributed by atoms with van der Waals surface area (Å²) in [4.78, 5) is 22.3. The third kappa shape index (κ3) is 1.95. The smallest absolute Gasteiger partial charge is 0.330 e. The summed E-state index contributed by atoms with van der Waals surface area (Å²) in [5.41, 5.74) is 0. The first-order valence-electron chi connectivity index (χ1n) is 6.35. The lowest BCUT2D eigenvalue weighted by Crippen LogP contribution is -2.46. The maximum atomic E-state index is 11.4. The molecule has 0 N–H and O–H groups in total. The Labute approximate surface area is 110 Å². The van der Waals surface area contributed by atoms with Crippen LogP contribution >= 0.6 is 0 Å². The van der Waals surface area contributed by atoms with Crippen LogP contribution in [0.2, 0.25) is 0 Å². The summed E-state index contributed by atoms with van der Waals surface area (Å²) in [5.74, 6) is -0.569. The molecule has 6 unspecified atom stereocenters. The lowest BCUT2D eigenvalue weighted by atomic mass is 9.79. The molecule has 6 heteroatoms. The van der Waals surface area contributed by atoms with Gasteiger partial charge in [0.2, 0.25) is 0 Å². The summed E-state index contributed by atoms with van der Waals surface area (Å²) >= 11 is 0. The molecule has 0 radical (unpaired) electrons. The number of fused-ring (bicyclic) bond motifs is 1. The first-order chi connectivity index (χ1) is 9.11. The van der Waals surface area contributed by atoms with E-state index in [-0.39, 0.29) is 42.7 Å². The second-order valence-electron chi connectivity index (χ2n) is 5.10. The van der Waals surface area contributed by atoms with E-state index in [4.69, 9.17) is 18.9 Å². The monoisotopic (exact) mass is 268 g/mol. The quantitative estimate of drug-likeness (QED) is 0.530. The Morgan fingerprint density at radius 3 is 2.84 bits per heavy atom. The molecule has 104 valence electrons. The highest BCUT2D eigenvalue weighted by molar-refractivity contribution is 5.81. The van der Waals surface area contributed by atoms with Crippen LogP contribution in [0.4, 0.5) is 0 Å². The molecule has 0 aliphatic carbocycles. The molecule has 3 aliphatic heterocycles. The van der Waals surface area contributed by atoms with Crippen LogP contribution in [-0.4, -0.2) is 49.6 Å². The van der Waals surface area contributed by atoms with E-state index in [0.29, 0.717) is 6.61 Å². The van der Waals surface area contributed by atoms with Crippen molar-refractivity contribution in [3.05, 3.63) is 12.7 Å². The summed E-state index contributed by atoms with van der Waals surface area (Å²) in [6, 6.07) is 0. The maximum absolute atomic E-state index is 11.4. The van der Waals surface area contributed by atoms with Crippen molar-refractivity contribution >= 4 is 11.9 Å². The fourth-order valence-corrected chi connectivity index (χ4v) is 3.27. The molecular formula is C13H16O6. The molecule has 0 aromatic carbocycles. The van der Waals surface area contributed by atoms with Crippen molar-refractivity contribution in [1.29, 1.82) is 0 Å². The van der Waals surface area contributed by atoms with E-state index in [1.54, 1.807) is 0 Å². The van der Waals surface area contributed by atoms with E-state index in [0.717, 1.165) is 6.08 Å². The fraction of sp³-hybridized carbons (Fsp3) is 0.692. The molecular weight excluding hydrogens is 252 g/mol. The van der Waals surface area contributed by atoms with E-state index in [9.17, 15) is 9.59 Å². The summed E-state index contributed by atoms with van der Waals surface area (Å²) in [7, 11) is 0. The molecule has 6 atom stereocenters. The van der Waals surface area contributed by atoms with Crippen molar-refractivity contribution in [1.82, 2.24) is 0 Å². The van der Waals surface area contributed by atoms with Gasteiger partial charge in [0.1, 0.15) is 12.2 Å². The van der Waals surface area contributed by atoms with Gasteiger partial charge in [-0.05, 0) is 0 Å². The van der Waals surface area contributed by atoms with Crippen molar-refractivity contribution in [2.75, 3.05) is 13.2 Å². The summed E-state index contributed by atoms with van der Waals surface area (Å²) in [6.45, 7) is 5.58. The lowest BCUT2D eigenvalue weighted by molar-refractivity contribution is -0.153. The standard InChI is InChI=1S/C13H16O6/c1-3-9(15)18-13-11-7(4-16-6(2)14)8-5-17-12(13)10(8)19-11/h3,7-8,10-13H,1,4-5H2,2H3. The van der Waals surface area contributed by atoms with Crippen LogP contribution in [-0.2, 0) is 28.5 Å². The molecule has 3 aliphatic rings. The summed E-state index contributed by atoms with van der Waals surface area (Å²) in [5, 5.41) is 0. The summed E-state index contributed by atoms with van der Waals surface area (Å²) < 4.78 is 21.9. The van der Waals surface area contributed by atoms with E-state index in [1.165, 1.54) is 6.92 Å². The predicted octanol–water partition coefficient (Wildman–Crippen LogP) is 0.0595. The zero-order valence-electron chi connectivity index (χ0n) is 10.6. The Balaban J connectivity index is 1.72. The van der Waals surface area contributed by atoms with E-state index >= 15 is 0 Å². The average Bonchev–Trinajstić information content (AvgIpc) is 2.97. The van der Waals surface area contributed by atoms with Crippen molar-refractivity contribution in [3.63, 3.8) is 0 Å². The second kappa shape index (κ2) is 4.61. The van der Waals surface area contributed by atoms with Crippen LogP contribution in [0.3, 0.4) is 0 Å². The predicted molar refractivity (Wildman–Crippen MR) is 62.1 cm³/mol. The fourth-order valence-electron chi connectivity index (χ4n) is 3.27. The van der Waals surface area contributed by atoms with Crippen LogP contribution in [0, 0.1) is 11.8 Å². The minimum Gasteiger partial charge on any atom is -0.465 e. The van der Waals surface area contributed by atoms with Crippen molar-refractivity contribution in [3.8, 4) is 0 Å². The van der Waals surface area contributed by atoms with Gasteiger partial charge in [0.05, 0.1) is 19.3 Å². The molecule has 2 bridgehead atoms. The second-order valence-corrected chi connectivity index (χ2v) is 5.10. The molecule has 0 spiro atoms. The van der Waals surface area contributed by atoms with Crippen molar-refractivity contribution < 1.29 is 28.5 Å². The number of hydrogen-bond acceptors (Lipinski definition) is 6. The molecule has 0 amide bonds. The Bertz CT molecular complexity index is 419. The highest BCUT2D eigenvalue weighted by atomic mass is 16.6. The molecule has 3 saturated heterocycles. The van der Waals surface area contributed by atoms with E-state index < -0.39 is 12.1 Å². The van der Waals surface area contributed by atoms with E-state index in [2.05, 4.69) is 6.58 Å². The molecule has 6 nitrogen and oxygen atoms in total. The average molecular weight is 268 g/mol. The Morgan fingerprint density at radius 1 is 1.37 bits per heavy atom. The van der Waals surface area contributed by atoms with Gasteiger partial charge in [0, 0.05) is 24.8 Å². The molecule has 3 fully saturated rings. The third-order valence-corrected chi connectivity index (χ3v) is 4.06. The van der Waals surface area contributed by atoms with Gasteiger partial charge in [-0.1, -0.05) is 6.58 Å². The van der Waals surface area contributed by atoms with Gasteiger partial charge in [-0.3, -0.25) is 4.79 Å². The van der Waals surface area contributed by atoms with Gasteiger partial charge < -0.3 is 18.9 Å². The van der Waals surface area contributed by atoms with Gasteiger partial charge in [-0.15, -0.1) is 0 Å². The first-order valence-corrected chi connectivity index (χ1v) is 6.35. The van der Waals surface area contributed by atoms with Gasteiger partial charge in [0.15, 0.2) is 6.10 Å². The van der Waals surface area contributed by atoms with Crippen LogP contribution in [0.5, 0.6) is 0 Å². The van der Waals surface area contributed by atoms with Crippen molar-refractivity contribution in [2.24, 2.45) is 11.8 Å². The van der Waals surface area contributed by atoms with Gasteiger partial charge in [-0.2, -0.15) is 0 Å². The minimum absolute atomic E-state index is 0.0234. The minimum atomic E-state index is -0.487. The number of carbonyl (C=O) groups excluding carboxylic acids is 2. The molecule has 3 rings (SSSR count). The largest absolute Gasteiger partial charge is 0.465 e. The van der Waals surface area contributed by atoms with Gasteiger partial charge in [0.25, 0.3) is 0 Å². The molecule has 0 aromatic rings. The van der Waals surface area contributed by atoms with Crippen LogP contribution < -0.4 is 0 Å². The highest BCUT2D eigenvalue weighted by Gasteiger charge is 2.65. The highest BCUT2D eigenvalue weighted by Crippen LogP contribution is 2.50. The topological polar surface area (TPSA) is 71.1 Å². The normalized spacial score (nSPS) is 42.2. The maximum Gasteiger partial charge on any atom is 0.330 e. The Hall–Kier alpha value is -1.40.